The summed E-state index contributed by atoms with van der Waals surface area (Å²) in [5.41, 5.74) is 7.97. The molecule has 0 unspecified atom stereocenters. The first kappa shape index (κ1) is 35.0. The molecule has 3 nitrogen and oxygen atoms in total. The van der Waals surface area contributed by atoms with Crippen molar-refractivity contribution in [1.29, 1.82) is 0 Å². The van der Waals surface area contributed by atoms with Crippen molar-refractivity contribution in [1.82, 2.24) is 0 Å². The fourth-order valence-electron chi connectivity index (χ4n) is 6.33. The quantitative estimate of drug-likeness (QED) is 0.212. The number of benzene rings is 3. The van der Waals surface area contributed by atoms with Gasteiger partial charge in [0.2, 0.25) is 0 Å². The van der Waals surface area contributed by atoms with E-state index in [9.17, 15) is 4.39 Å². The monoisotopic (exact) mass is 840 g/mol. The normalized spacial score (nSPS) is 15.3. The number of ether oxygens (including phenoxy) is 2. The van der Waals surface area contributed by atoms with Crippen LogP contribution in [-0.2, 0) is 50.5 Å². The maximum atomic E-state index is 14.6. The summed E-state index contributed by atoms with van der Waals surface area (Å²) >= 11 is 9.90. The molecular weight excluding hydrogens is 795 g/mol. The number of halogens is 3. The van der Waals surface area contributed by atoms with E-state index in [4.69, 9.17) is 13.9 Å². The molecule has 5 rings (SSSR count). The molecule has 0 N–H and O–H groups in total. The Kier molecular flexibility index (Phi) is 10.4. The van der Waals surface area contributed by atoms with E-state index in [-0.39, 0.29) is 10.9 Å². The predicted octanol–water partition coefficient (Wildman–Crippen LogP) is 11.2. The molecule has 0 radical (unpaired) electrons. The van der Waals surface area contributed by atoms with Crippen LogP contribution in [0.15, 0.2) is 39.3 Å². The molecule has 8 heteroatoms. The Balaban J connectivity index is 1.77. The van der Waals surface area contributed by atoms with Crippen molar-refractivity contribution in [2.24, 2.45) is 0 Å². The molecule has 2 aliphatic carbocycles. The summed E-state index contributed by atoms with van der Waals surface area (Å²) in [5, 5.41) is 0.0362. The Morgan fingerprint density at radius 3 is 1.84 bits per heavy atom. The van der Waals surface area contributed by atoms with Gasteiger partial charge < -0.3 is 0 Å². The van der Waals surface area contributed by atoms with Gasteiger partial charge in [0.15, 0.2) is 0 Å². The third-order valence-electron chi connectivity index (χ3n) is 10.1. The summed E-state index contributed by atoms with van der Waals surface area (Å²) in [4.78, 5) is 0. The molecule has 0 heterocycles. The van der Waals surface area contributed by atoms with Crippen LogP contribution in [0, 0.1) is 5.82 Å². The van der Waals surface area contributed by atoms with Gasteiger partial charge in [-0.25, -0.2) is 0 Å². The summed E-state index contributed by atoms with van der Waals surface area (Å²) in [6.45, 7) is 15.7. The summed E-state index contributed by atoms with van der Waals surface area (Å²) in [7, 11) is -0.584. The van der Waals surface area contributed by atoms with Crippen LogP contribution in [0.25, 0.3) is 11.1 Å². The van der Waals surface area contributed by atoms with Gasteiger partial charge in [0.1, 0.15) is 0 Å². The number of methoxy groups -OCH3 is 1. The first-order valence-electron chi connectivity index (χ1n) is 16.0. The minimum atomic E-state index is -2.21. The zero-order valence-electron chi connectivity index (χ0n) is 27.8. The average molecular weight is 841 g/mol. The van der Waals surface area contributed by atoms with Crippen molar-refractivity contribution in [2.45, 2.75) is 110 Å². The molecule has 242 valence electrons. The van der Waals surface area contributed by atoms with Crippen molar-refractivity contribution in [3.05, 3.63) is 72.9 Å². The maximum absolute atomic E-state index is 14.6. The van der Waals surface area contributed by atoms with Gasteiger partial charge in [-0.2, -0.15) is 0 Å². The number of rotatable bonds is 8. The Morgan fingerprint density at radius 2 is 1.31 bits per heavy atom. The Labute approximate surface area is 297 Å². The van der Waals surface area contributed by atoms with Crippen molar-refractivity contribution >= 4 is 44.3 Å². The Morgan fingerprint density at radius 1 is 0.800 bits per heavy atom. The molecule has 0 fully saturated rings. The fourth-order valence-corrected chi connectivity index (χ4v) is 9.10. The number of fused-ring (bicyclic) bond motifs is 2. The molecule has 0 amide bonds. The van der Waals surface area contributed by atoms with Crippen LogP contribution in [0.4, 0.5) is 4.39 Å². The van der Waals surface area contributed by atoms with Gasteiger partial charge in [-0.15, -0.1) is 0 Å². The summed E-state index contributed by atoms with van der Waals surface area (Å²) in [5.74, 6) is 2.10. The number of hydrogen-bond donors (Lipinski definition) is 0. The van der Waals surface area contributed by atoms with Crippen LogP contribution in [0.1, 0.15) is 88.1 Å². The zero-order valence-corrected chi connectivity index (χ0v) is 34.0. The van der Waals surface area contributed by atoms with Gasteiger partial charge in [0.25, 0.3) is 0 Å². The molecule has 3 aromatic rings. The van der Waals surface area contributed by atoms with E-state index in [1.807, 2.05) is 19.4 Å². The second-order valence-electron chi connectivity index (χ2n) is 14.5. The average Bonchev–Trinajstić information content (AvgIpc) is 2.97. The van der Waals surface area contributed by atoms with E-state index >= 15 is 0 Å². The van der Waals surface area contributed by atoms with Crippen LogP contribution in [0.5, 0.6) is 17.2 Å². The van der Waals surface area contributed by atoms with Crippen LogP contribution in [-0.4, -0.2) is 19.5 Å². The molecule has 0 saturated carbocycles. The van der Waals surface area contributed by atoms with Crippen molar-refractivity contribution < 1.29 is 37.6 Å². The van der Waals surface area contributed by atoms with Gasteiger partial charge in [-0.3, -0.25) is 0 Å². The van der Waals surface area contributed by atoms with Crippen molar-refractivity contribution in [3.63, 3.8) is 0 Å². The first-order chi connectivity index (χ1) is 21.1. The molecule has 0 spiro atoms. The molecule has 0 aliphatic heterocycles. The van der Waals surface area contributed by atoms with Crippen molar-refractivity contribution in [3.8, 4) is 28.4 Å². The summed E-state index contributed by atoms with van der Waals surface area (Å²) < 4.78 is 37.3. The molecule has 2 aliphatic rings. The number of aryl methyl sites for hydroxylation is 2. The van der Waals surface area contributed by atoms with Gasteiger partial charge in [-0.05, 0) is 0 Å². The topological polar surface area (TPSA) is 27.7 Å². The van der Waals surface area contributed by atoms with Crippen LogP contribution < -0.4 is 13.9 Å². The Bertz CT molecular complexity index is 1640. The van der Waals surface area contributed by atoms with E-state index in [1.165, 1.54) is 46.7 Å². The van der Waals surface area contributed by atoms with Crippen molar-refractivity contribution in [2.75, 3.05) is 7.11 Å². The predicted molar refractivity (Wildman–Crippen MR) is 190 cm³/mol. The van der Waals surface area contributed by atoms with Gasteiger partial charge in [0.05, 0.1) is 0 Å². The first-order valence-corrected chi connectivity index (χ1v) is 21.5. The fraction of sp³-hybridized carbons (Fsp3) is 0.486. The molecule has 0 aromatic heterocycles. The van der Waals surface area contributed by atoms with Crippen LogP contribution in [0.2, 0.25) is 18.1 Å². The van der Waals surface area contributed by atoms with E-state index in [0.717, 1.165) is 74.2 Å². The second-order valence-corrected chi connectivity index (χ2v) is 21.9. The van der Waals surface area contributed by atoms with Crippen LogP contribution >= 0.6 is 31.9 Å². The van der Waals surface area contributed by atoms with E-state index in [1.54, 1.807) is 19.2 Å². The molecule has 0 bridgehead atoms. The number of hydrogen-bond acceptors (Lipinski definition) is 3. The summed E-state index contributed by atoms with van der Waals surface area (Å²) in [6.07, 6.45) is 8.80. The molecule has 0 atom stereocenters. The molecular formula is C37H45Br2FMoO3Si. The molecule has 0 saturated heterocycles. The second kappa shape index (κ2) is 13.3. The van der Waals surface area contributed by atoms with E-state index < -0.39 is 13.7 Å². The third-order valence-corrected chi connectivity index (χ3v) is 17.0. The van der Waals surface area contributed by atoms with E-state index in [0.29, 0.717) is 5.75 Å². The van der Waals surface area contributed by atoms with Gasteiger partial charge >= 0.3 is 300 Å². The standard InChI is InChI=1S/C37H45Br2FO3Si.Mo/c1-36(2,3)44(7,8)43-35-30(39)20-24-14-10-12-16-27(24)33(35)32-26-15-11-9-13-23(26)19-29(38)34(32)42-22-37(4,5)28-21-25(40)17-18-31(28)41-6;/h17-21H,9-16H2,1-8H3;. The Hall–Kier alpha value is -1.27. The van der Waals surface area contributed by atoms with E-state index in [2.05, 4.69) is 91.7 Å². The molecule has 3 aromatic carbocycles. The van der Waals surface area contributed by atoms with Crippen LogP contribution in [0.3, 0.4) is 0 Å². The molecule has 45 heavy (non-hydrogen) atoms. The zero-order chi connectivity index (χ0) is 32.9. The minimum absolute atomic E-state index is 0.0362. The third kappa shape index (κ3) is 6.85. The SMILES string of the molecule is COc1ccc(F)cc1C(C)(C)[C](=[Mo])Oc1c(Br)cc2c(c1-c1c3c(cc(Br)c1O[Si](C)(C)C(C)(C)C)CCCC3)CCCC2. The van der Waals surface area contributed by atoms with Gasteiger partial charge in [0, 0.05) is 0 Å². The van der Waals surface area contributed by atoms with Gasteiger partial charge in [-0.1, -0.05) is 0 Å². The summed E-state index contributed by atoms with van der Waals surface area (Å²) in [6, 6.07) is 9.26.